The van der Waals surface area contributed by atoms with E-state index in [0.29, 0.717) is 12.4 Å². The smallest absolute Gasteiger partial charge is 0.145 e. The van der Waals surface area contributed by atoms with Gasteiger partial charge in [0.1, 0.15) is 24.8 Å². The molecule has 0 aliphatic carbocycles. The number of aliphatic hydroxyl groups is 1. The molecule has 0 fully saturated rings. The van der Waals surface area contributed by atoms with Crippen LogP contribution in [0.3, 0.4) is 0 Å². The number of ether oxygens (including phenoxy) is 1. The molecule has 0 atom stereocenters. The fourth-order valence-electron chi connectivity index (χ4n) is 1.41. The van der Waals surface area contributed by atoms with Crippen LogP contribution in [0.5, 0.6) is 5.75 Å². The van der Waals surface area contributed by atoms with E-state index in [1.54, 1.807) is 6.07 Å². The molecule has 0 bridgehead atoms. The largest absolute Gasteiger partial charge is 0.488 e. The second-order valence-corrected chi connectivity index (χ2v) is 4.99. The van der Waals surface area contributed by atoms with Crippen LogP contribution in [0.1, 0.15) is 10.4 Å². The third-order valence-electron chi connectivity index (χ3n) is 2.31. The van der Waals surface area contributed by atoms with Gasteiger partial charge in [0.05, 0.1) is 9.90 Å². The molecule has 19 heavy (non-hydrogen) atoms. The number of aliphatic hydroxyl groups excluding tert-OH is 1. The third-order valence-corrected chi connectivity index (χ3v) is 3.51. The Morgan fingerprint density at radius 3 is 2.95 bits per heavy atom. The van der Waals surface area contributed by atoms with Crippen LogP contribution in [0.15, 0.2) is 29.6 Å². The van der Waals surface area contributed by atoms with E-state index in [4.69, 9.17) is 21.4 Å². The third kappa shape index (κ3) is 3.71. The summed E-state index contributed by atoms with van der Waals surface area (Å²) in [4.78, 5) is 0.927. The molecular weight excluding hydrogens is 287 g/mol. The van der Waals surface area contributed by atoms with E-state index >= 15 is 0 Å². The van der Waals surface area contributed by atoms with Crippen LogP contribution >= 0.6 is 22.9 Å². The minimum absolute atomic E-state index is 0.0676. The first kappa shape index (κ1) is 13.9. The van der Waals surface area contributed by atoms with Crippen molar-refractivity contribution in [2.45, 2.75) is 6.61 Å². The molecule has 0 saturated carbocycles. The van der Waals surface area contributed by atoms with Crippen LogP contribution in [0, 0.1) is 17.7 Å². The predicted molar refractivity (Wildman–Crippen MR) is 74.0 cm³/mol. The zero-order valence-electron chi connectivity index (χ0n) is 9.82. The van der Waals surface area contributed by atoms with E-state index in [1.807, 2.05) is 11.4 Å². The van der Waals surface area contributed by atoms with Crippen LogP contribution in [0.4, 0.5) is 4.39 Å². The van der Waals surface area contributed by atoms with Crippen molar-refractivity contribution in [2.24, 2.45) is 0 Å². The second kappa shape index (κ2) is 6.58. The molecule has 1 heterocycles. The van der Waals surface area contributed by atoms with Crippen LogP contribution in [0.2, 0.25) is 5.02 Å². The van der Waals surface area contributed by atoms with Crippen molar-refractivity contribution >= 4 is 22.9 Å². The molecule has 98 valence electrons. The summed E-state index contributed by atoms with van der Waals surface area (Å²) in [5, 5.41) is 10.6. The van der Waals surface area contributed by atoms with E-state index in [0.717, 1.165) is 10.4 Å². The molecule has 1 aromatic carbocycles. The summed E-state index contributed by atoms with van der Waals surface area (Å²) in [7, 11) is 0. The van der Waals surface area contributed by atoms with E-state index in [-0.39, 0.29) is 11.6 Å². The Kier molecular flexibility index (Phi) is 4.80. The Bertz CT molecular complexity index is 628. The summed E-state index contributed by atoms with van der Waals surface area (Å²) in [6.45, 7) is 0.118. The van der Waals surface area contributed by atoms with E-state index in [2.05, 4.69) is 11.8 Å². The lowest BCUT2D eigenvalue weighted by Crippen LogP contribution is -1.95. The van der Waals surface area contributed by atoms with Gasteiger partial charge in [-0.05, 0) is 23.6 Å². The first-order valence-electron chi connectivity index (χ1n) is 5.44. The fourth-order valence-corrected chi connectivity index (χ4v) is 2.27. The molecule has 1 N–H and O–H groups in total. The zero-order chi connectivity index (χ0) is 13.7. The van der Waals surface area contributed by atoms with Crippen molar-refractivity contribution in [3.63, 3.8) is 0 Å². The minimum Gasteiger partial charge on any atom is -0.488 e. The maximum Gasteiger partial charge on any atom is 0.145 e. The topological polar surface area (TPSA) is 29.5 Å². The van der Waals surface area contributed by atoms with Gasteiger partial charge in [0, 0.05) is 11.6 Å². The molecule has 0 amide bonds. The standard InChI is InChI=1S/C14H10ClFO2S/c15-12-4-3-11(8-13(12)16)18-9-14-10(2-1-6-17)5-7-19-14/h3-5,7-8,17H,6,9H2. The van der Waals surface area contributed by atoms with Gasteiger partial charge < -0.3 is 9.84 Å². The maximum absolute atomic E-state index is 13.2. The van der Waals surface area contributed by atoms with Gasteiger partial charge in [-0.2, -0.15) is 0 Å². The highest BCUT2D eigenvalue weighted by Crippen LogP contribution is 2.23. The first-order valence-corrected chi connectivity index (χ1v) is 6.70. The minimum atomic E-state index is -0.509. The number of hydrogen-bond donors (Lipinski definition) is 1. The lowest BCUT2D eigenvalue weighted by molar-refractivity contribution is 0.308. The van der Waals surface area contributed by atoms with Gasteiger partial charge in [-0.25, -0.2) is 4.39 Å². The van der Waals surface area contributed by atoms with E-state index < -0.39 is 5.82 Å². The van der Waals surface area contributed by atoms with Crippen molar-refractivity contribution in [2.75, 3.05) is 6.61 Å². The van der Waals surface area contributed by atoms with Gasteiger partial charge in [0.15, 0.2) is 0 Å². The average molecular weight is 297 g/mol. The number of rotatable bonds is 3. The molecule has 0 aliphatic rings. The van der Waals surface area contributed by atoms with Crippen molar-refractivity contribution in [1.82, 2.24) is 0 Å². The molecule has 0 saturated heterocycles. The number of benzene rings is 1. The maximum atomic E-state index is 13.2. The lowest BCUT2D eigenvalue weighted by Gasteiger charge is -2.05. The Hall–Kier alpha value is -1.54. The number of halogens is 2. The highest BCUT2D eigenvalue weighted by atomic mass is 35.5. The van der Waals surface area contributed by atoms with Crippen LogP contribution in [-0.4, -0.2) is 11.7 Å². The van der Waals surface area contributed by atoms with Crippen molar-refractivity contribution in [1.29, 1.82) is 0 Å². The highest BCUT2D eigenvalue weighted by Gasteiger charge is 2.05. The molecule has 5 heteroatoms. The Morgan fingerprint density at radius 1 is 1.37 bits per heavy atom. The summed E-state index contributed by atoms with van der Waals surface area (Å²) >= 11 is 7.09. The first-order chi connectivity index (χ1) is 9.20. The zero-order valence-corrected chi connectivity index (χ0v) is 11.4. The Labute approximate surface area is 119 Å². The van der Waals surface area contributed by atoms with Gasteiger partial charge in [0.2, 0.25) is 0 Å². The quantitative estimate of drug-likeness (QED) is 0.879. The summed E-state index contributed by atoms with van der Waals surface area (Å²) in [6.07, 6.45) is 0. The normalized spacial score (nSPS) is 9.84. The number of hydrogen-bond acceptors (Lipinski definition) is 3. The van der Waals surface area contributed by atoms with E-state index in [1.165, 1.54) is 23.5 Å². The summed E-state index contributed by atoms with van der Waals surface area (Å²) in [5.74, 6) is 5.32. The van der Waals surface area contributed by atoms with Crippen molar-refractivity contribution in [3.8, 4) is 17.6 Å². The summed E-state index contributed by atoms with van der Waals surface area (Å²) < 4.78 is 18.7. The van der Waals surface area contributed by atoms with E-state index in [9.17, 15) is 4.39 Å². The molecule has 0 unspecified atom stereocenters. The molecule has 0 aliphatic heterocycles. The van der Waals surface area contributed by atoms with Gasteiger partial charge in [-0.15, -0.1) is 11.3 Å². The molecular formula is C14H10ClFO2S. The number of thiophene rings is 1. The predicted octanol–water partition coefficient (Wildman–Crippen LogP) is 3.46. The highest BCUT2D eigenvalue weighted by molar-refractivity contribution is 7.10. The van der Waals surface area contributed by atoms with Crippen molar-refractivity contribution < 1.29 is 14.2 Å². The SMILES string of the molecule is OCC#Cc1ccsc1COc1ccc(Cl)c(F)c1. The van der Waals surface area contributed by atoms with Gasteiger partial charge >= 0.3 is 0 Å². The summed E-state index contributed by atoms with van der Waals surface area (Å²) in [5.41, 5.74) is 0.813. The average Bonchev–Trinajstić information content (AvgIpc) is 2.85. The van der Waals surface area contributed by atoms with Crippen LogP contribution in [-0.2, 0) is 6.61 Å². The monoisotopic (exact) mass is 296 g/mol. The fraction of sp³-hybridized carbons (Fsp3) is 0.143. The Balaban J connectivity index is 2.06. The Morgan fingerprint density at radius 2 is 2.21 bits per heavy atom. The molecule has 2 rings (SSSR count). The van der Waals surface area contributed by atoms with Gasteiger partial charge in [-0.3, -0.25) is 0 Å². The molecule has 2 nitrogen and oxygen atoms in total. The second-order valence-electron chi connectivity index (χ2n) is 3.58. The molecule has 0 radical (unpaired) electrons. The van der Waals surface area contributed by atoms with Crippen LogP contribution in [0.25, 0.3) is 0 Å². The van der Waals surface area contributed by atoms with Crippen LogP contribution < -0.4 is 4.74 Å². The molecule has 0 spiro atoms. The van der Waals surface area contributed by atoms with Crippen molar-refractivity contribution in [3.05, 3.63) is 50.9 Å². The molecule has 1 aromatic heterocycles. The molecule has 2 aromatic rings. The summed E-state index contributed by atoms with van der Waals surface area (Å²) in [6, 6.07) is 6.16. The van der Waals surface area contributed by atoms with Gasteiger partial charge in [0.25, 0.3) is 0 Å². The lowest BCUT2D eigenvalue weighted by atomic mass is 10.2. The van der Waals surface area contributed by atoms with Gasteiger partial charge in [-0.1, -0.05) is 23.4 Å².